The van der Waals surface area contributed by atoms with E-state index >= 15 is 0 Å². The number of hydrogen-bond acceptors (Lipinski definition) is 3. The standard InChI is InChI=1S/C13H14BrNOS/c14-11-6-13(17-9-11)12(7-15)16-8-10-4-2-1-3-5-10/h1-6,9,12H,7-8,15H2. The Hall–Kier alpha value is -0.680. The molecule has 2 N–H and O–H groups in total. The highest BCUT2D eigenvalue weighted by Gasteiger charge is 2.12. The molecule has 1 aromatic heterocycles. The fourth-order valence-corrected chi connectivity index (χ4v) is 3.04. The van der Waals surface area contributed by atoms with E-state index in [-0.39, 0.29) is 6.10 Å². The van der Waals surface area contributed by atoms with Crippen molar-refractivity contribution in [3.05, 3.63) is 56.7 Å². The van der Waals surface area contributed by atoms with Crippen LogP contribution in [0.5, 0.6) is 0 Å². The normalized spacial score (nSPS) is 12.6. The maximum absolute atomic E-state index is 5.84. The average molecular weight is 312 g/mol. The molecule has 2 rings (SSSR count). The van der Waals surface area contributed by atoms with E-state index in [1.807, 2.05) is 23.6 Å². The van der Waals surface area contributed by atoms with Gasteiger partial charge in [-0.3, -0.25) is 0 Å². The molecule has 0 fully saturated rings. The Bertz CT molecular complexity index is 457. The fourth-order valence-electron chi connectivity index (χ4n) is 1.53. The van der Waals surface area contributed by atoms with Crippen LogP contribution >= 0.6 is 27.3 Å². The molecular weight excluding hydrogens is 298 g/mol. The summed E-state index contributed by atoms with van der Waals surface area (Å²) >= 11 is 5.11. The van der Waals surface area contributed by atoms with Crippen LogP contribution in [-0.4, -0.2) is 6.54 Å². The second-order valence-electron chi connectivity index (χ2n) is 3.69. The number of hydrogen-bond donors (Lipinski definition) is 1. The molecule has 0 radical (unpaired) electrons. The molecule has 17 heavy (non-hydrogen) atoms. The second-order valence-corrected chi connectivity index (χ2v) is 5.55. The smallest absolute Gasteiger partial charge is 0.104 e. The van der Waals surface area contributed by atoms with Gasteiger partial charge in [-0.15, -0.1) is 11.3 Å². The van der Waals surface area contributed by atoms with Gasteiger partial charge in [0, 0.05) is 21.3 Å². The van der Waals surface area contributed by atoms with Crippen molar-refractivity contribution in [2.24, 2.45) is 5.73 Å². The molecule has 1 atom stereocenters. The predicted molar refractivity (Wildman–Crippen MR) is 75.0 cm³/mol. The largest absolute Gasteiger partial charge is 0.367 e. The highest BCUT2D eigenvalue weighted by Crippen LogP contribution is 2.27. The summed E-state index contributed by atoms with van der Waals surface area (Å²) < 4.78 is 6.92. The van der Waals surface area contributed by atoms with Gasteiger partial charge < -0.3 is 10.5 Å². The molecule has 1 heterocycles. The van der Waals surface area contributed by atoms with Crippen molar-refractivity contribution in [1.29, 1.82) is 0 Å². The Kier molecular flexibility index (Phi) is 4.74. The van der Waals surface area contributed by atoms with Gasteiger partial charge in [0.25, 0.3) is 0 Å². The SMILES string of the molecule is NCC(OCc1ccccc1)c1cc(Br)cs1. The second kappa shape index (κ2) is 6.31. The van der Waals surface area contributed by atoms with Gasteiger partial charge in [-0.25, -0.2) is 0 Å². The zero-order valence-electron chi connectivity index (χ0n) is 9.30. The monoisotopic (exact) mass is 311 g/mol. The number of thiophene rings is 1. The minimum atomic E-state index is -0.0218. The van der Waals surface area contributed by atoms with Crippen molar-refractivity contribution in [3.8, 4) is 0 Å². The van der Waals surface area contributed by atoms with E-state index in [2.05, 4.69) is 34.1 Å². The Morgan fingerprint density at radius 1 is 1.29 bits per heavy atom. The van der Waals surface area contributed by atoms with E-state index in [9.17, 15) is 0 Å². The third kappa shape index (κ3) is 3.64. The zero-order valence-corrected chi connectivity index (χ0v) is 11.7. The summed E-state index contributed by atoms with van der Waals surface area (Å²) in [6, 6.07) is 12.2. The summed E-state index contributed by atoms with van der Waals surface area (Å²) in [6.45, 7) is 1.10. The van der Waals surface area contributed by atoms with Crippen LogP contribution in [0.25, 0.3) is 0 Å². The van der Waals surface area contributed by atoms with Crippen LogP contribution in [0, 0.1) is 0 Å². The summed E-state index contributed by atoms with van der Waals surface area (Å²) in [5.74, 6) is 0. The van der Waals surface area contributed by atoms with E-state index in [0.29, 0.717) is 13.2 Å². The van der Waals surface area contributed by atoms with Crippen molar-refractivity contribution in [3.63, 3.8) is 0 Å². The third-order valence-corrected chi connectivity index (χ3v) is 4.20. The first-order valence-electron chi connectivity index (χ1n) is 5.39. The minimum absolute atomic E-state index is 0.0218. The molecular formula is C13H14BrNOS. The van der Waals surface area contributed by atoms with E-state index < -0.39 is 0 Å². The van der Waals surface area contributed by atoms with Gasteiger partial charge in [-0.05, 0) is 27.6 Å². The molecule has 0 amide bonds. The molecule has 1 unspecified atom stereocenters. The van der Waals surface area contributed by atoms with Gasteiger partial charge >= 0.3 is 0 Å². The lowest BCUT2D eigenvalue weighted by molar-refractivity contribution is 0.0480. The van der Waals surface area contributed by atoms with Crippen molar-refractivity contribution >= 4 is 27.3 Å². The van der Waals surface area contributed by atoms with Crippen molar-refractivity contribution in [2.75, 3.05) is 6.54 Å². The minimum Gasteiger partial charge on any atom is -0.367 e. The zero-order chi connectivity index (χ0) is 12.1. The summed E-state index contributed by atoms with van der Waals surface area (Å²) in [5, 5.41) is 2.05. The Balaban J connectivity index is 1.97. The number of nitrogens with two attached hydrogens (primary N) is 1. The first kappa shape index (κ1) is 12.8. The molecule has 90 valence electrons. The lowest BCUT2D eigenvalue weighted by Crippen LogP contribution is -2.14. The maximum atomic E-state index is 5.84. The van der Waals surface area contributed by atoms with Crippen molar-refractivity contribution < 1.29 is 4.74 Å². The molecule has 0 aliphatic rings. The summed E-state index contributed by atoms with van der Waals surface area (Å²) in [7, 11) is 0. The van der Waals surface area contributed by atoms with Gasteiger partial charge in [0.1, 0.15) is 6.10 Å². The average Bonchev–Trinajstić information content (AvgIpc) is 2.78. The van der Waals surface area contributed by atoms with Crippen LogP contribution in [0.15, 0.2) is 46.3 Å². The molecule has 2 nitrogen and oxygen atoms in total. The molecule has 1 aromatic carbocycles. The summed E-state index contributed by atoms with van der Waals surface area (Å²) in [6.07, 6.45) is -0.0218. The van der Waals surface area contributed by atoms with Gasteiger partial charge in [0.05, 0.1) is 6.61 Å². The molecule has 2 aromatic rings. The Morgan fingerprint density at radius 3 is 2.65 bits per heavy atom. The van der Waals surface area contributed by atoms with Gasteiger partial charge in [0.15, 0.2) is 0 Å². The van der Waals surface area contributed by atoms with E-state index in [1.54, 1.807) is 11.3 Å². The molecule has 0 bridgehead atoms. The fraction of sp³-hybridized carbons (Fsp3) is 0.231. The molecule has 0 saturated carbocycles. The topological polar surface area (TPSA) is 35.2 Å². The first-order chi connectivity index (χ1) is 8.29. The highest BCUT2D eigenvalue weighted by molar-refractivity contribution is 9.10. The lowest BCUT2D eigenvalue weighted by atomic mass is 10.2. The van der Waals surface area contributed by atoms with Crippen molar-refractivity contribution in [2.45, 2.75) is 12.7 Å². The van der Waals surface area contributed by atoms with Crippen LogP contribution in [0.4, 0.5) is 0 Å². The first-order valence-corrected chi connectivity index (χ1v) is 7.06. The summed E-state index contributed by atoms with van der Waals surface area (Å²) in [4.78, 5) is 1.16. The predicted octanol–water partition coefficient (Wildman–Crippen LogP) is 3.73. The Labute approximate surface area is 114 Å². The number of benzene rings is 1. The van der Waals surface area contributed by atoms with E-state index in [0.717, 1.165) is 9.35 Å². The highest BCUT2D eigenvalue weighted by atomic mass is 79.9. The molecule has 0 saturated heterocycles. The van der Waals surface area contributed by atoms with Crippen molar-refractivity contribution in [1.82, 2.24) is 0 Å². The van der Waals surface area contributed by atoms with E-state index in [1.165, 1.54) is 5.56 Å². The van der Waals surface area contributed by atoms with Gasteiger partial charge in [-0.2, -0.15) is 0 Å². The maximum Gasteiger partial charge on any atom is 0.104 e. The summed E-state index contributed by atoms with van der Waals surface area (Å²) in [5.41, 5.74) is 6.91. The molecule has 0 aliphatic heterocycles. The number of ether oxygens (including phenoxy) is 1. The number of rotatable bonds is 5. The number of halogens is 1. The van der Waals surface area contributed by atoms with Gasteiger partial charge in [0.2, 0.25) is 0 Å². The van der Waals surface area contributed by atoms with Crippen LogP contribution in [0.1, 0.15) is 16.5 Å². The third-order valence-electron chi connectivity index (χ3n) is 2.41. The lowest BCUT2D eigenvalue weighted by Gasteiger charge is -2.14. The quantitative estimate of drug-likeness (QED) is 0.913. The molecule has 0 spiro atoms. The van der Waals surface area contributed by atoms with Gasteiger partial charge in [-0.1, -0.05) is 30.3 Å². The van der Waals surface area contributed by atoms with E-state index in [4.69, 9.17) is 10.5 Å². The van der Waals surface area contributed by atoms with Crippen LogP contribution in [0.3, 0.4) is 0 Å². The molecule has 0 aliphatic carbocycles. The van der Waals surface area contributed by atoms with Crippen LogP contribution in [-0.2, 0) is 11.3 Å². The Morgan fingerprint density at radius 2 is 2.06 bits per heavy atom. The molecule has 4 heteroatoms. The van der Waals surface area contributed by atoms with Crippen LogP contribution in [0.2, 0.25) is 0 Å². The van der Waals surface area contributed by atoms with Crippen LogP contribution < -0.4 is 5.73 Å².